The molecule has 1 aromatic carbocycles. The van der Waals surface area contributed by atoms with Crippen molar-refractivity contribution in [3.63, 3.8) is 0 Å². The summed E-state index contributed by atoms with van der Waals surface area (Å²) < 4.78 is 11.2. The lowest BCUT2D eigenvalue weighted by atomic mass is 10.0. The summed E-state index contributed by atoms with van der Waals surface area (Å²) in [6.07, 6.45) is 6.37. The summed E-state index contributed by atoms with van der Waals surface area (Å²) in [7, 11) is 1.74. The molecular formula is C17H27NO2. The van der Waals surface area contributed by atoms with Crippen LogP contribution in [0.5, 0.6) is 5.75 Å². The molecule has 2 unspecified atom stereocenters. The van der Waals surface area contributed by atoms with Crippen LogP contribution in [0, 0.1) is 0 Å². The quantitative estimate of drug-likeness (QED) is 0.824. The molecule has 112 valence electrons. The number of hydrogen-bond acceptors (Lipinski definition) is 3. The summed E-state index contributed by atoms with van der Waals surface area (Å²) >= 11 is 0. The summed E-state index contributed by atoms with van der Waals surface area (Å²) in [4.78, 5) is 0. The van der Waals surface area contributed by atoms with Crippen molar-refractivity contribution in [2.24, 2.45) is 0 Å². The molecule has 0 radical (unpaired) electrons. The fourth-order valence-corrected chi connectivity index (χ4v) is 2.88. The zero-order valence-corrected chi connectivity index (χ0v) is 12.7. The number of methoxy groups -OCH3 is 1. The Morgan fingerprint density at radius 3 is 2.90 bits per heavy atom. The topological polar surface area (TPSA) is 30.5 Å². The Labute approximate surface area is 122 Å². The van der Waals surface area contributed by atoms with Gasteiger partial charge < -0.3 is 14.8 Å². The van der Waals surface area contributed by atoms with E-state index in [0.29, 0.717) is 12.1 Å². The maximum atomic E-state index is 5.78. The molecule has 1 saturated heterocycles. The van der Waals surface area contributed by atoms with Gasteiger partial charge in [-0.2, -0.15) is 0 Å². The molecule has 1 N–H and O–H groups in total. The molecule has 1 aromatic rings. The van der Waals surface area contributed by atoms with Crippen LogP contribution in [0.4, 0.5) is 0 Å². The second kappa shape index (κ2) is 8.28. The van der Waals surface area contributed by atoms with E-state index in [-0.39, 0.29) is 0 Å². The molecule has 0 spiro atoms. The SMILES string of the molecule is CCC(NCCC1CCCCO1)c1ccccc1OC. The lowest BCUT2D eigenvalue weighted by Gasteiger charge is -2.24. The van der Waals surface area contributed by atoms with E-state index in [9.17, 15) is 0 Å². The number of benzene rings is 1. The second-order valence-electron chi connectivity index (χ2n) is 5.43. The third kappa shape index (κ3) is 4.22. The van der Waals surface area contributed by atoms with Gasteiger partial charge in [-0.05, 0) is 44.7 Å². The van der Waals surface area contributed by atoms with Crippen LogP contribution in [0.3, 0.4) is 0 Å². The molecule has 1 fully saturated rings. The first-order valence-electron chi connectivity index (χ1n) is 7.83. The van der Waals surface area contributed by atoms with Gasteiger partial charge in [0.2, 0.25) is 0 Å². The highest BCUT2D eigenvalue weighted by Gasteiger charge is 2.16. The lowest BCUT2D eigenvalue weighted by molar-refractivity contribution is 0.0111. The van der Waals surface area contributed by atoms with Gasteiger partial charge in [-0.25, -0.2) is 0 Å². The first kappa shape index (κ1) is 15.3. The Hall–Kier alpha value is -1.06. The molecule has 0 saturated carbocycles. The van der Waals surface area contributed by atoms with Crippen LogP contribution in [0.1, 0.15) is 50.6 Å². The third-order valence-corrected chi connectivity index (χ3v) is 4.05. The highest BCUT2D eigenvalue weighted by atomic mass is 16.5. The van der Waals surface area contributed by atoms with Crippen molar-refractivity contribution in [1.82, 2.24) is 5.32 Å². The zero-order chi connectivity index (χ0) is 14.2. The van der Waals surface area contributed by atoms with Gasteiger partial charge in [0.1, 0.15) is 5.75 Å². The second-order valence-corrected chi connectivity index (χ2v) is 5.43. The molecule has 0 bridgehead atoms. The molecule has 0 amide bonds. The minimum Gasteiger partial charge on any atom is -0.496 e. The van der Waals surface area contributed by atoms with E-state index in [2.05, 4.69) is 24.4 Å². The summed E-state index contributed by atoms with van der Waals surface area (Å²) in [5.41, 5.74) is 1.25. The Morgan fingerprint density at radius 1 is 1.35 bits per heavy atom. The first-order valence-corrected chi connectivity index (χ1v) is 7.83. The van der Waals surface area contributed by atoms with E-state index < -0.39 is 0 Å². The molecule has 3 heteroatoms. The maximum Gasteiger partial charge on any atom is 0.123 e. The first-order chi connectivity index (χ1) is 9.85. The van der Waals surface area contributed by atoms with Gasteiger partial charge in [-0.1, -0.05) is 25.1 Å². The predicted octanol–water partition coefficient (Wildman–Crippen LogP) is 3.70. The molecule has 2 atom stereocenters. The van der Waals surface area contributed by atoms with Crippen molar-refractivity contribution < 1.29 is 9.47 Å². The monoisotopic (exact) mass is 277 g/mol. The molecule has 1 aliphatic rings. The highest BCUT2D eigenvalue weighted by Crippen LogP contribution is 2.27. The normalized spacial score (nSPS) is 20.6. The maximum absolute atomic E-state index is 5.78. The molecule has 0 aliphatic carbocycles. The van der Waals surface area contributed by atoms with Gasteiger partial charge in [0.15, 0.2) is 0 Å². The molecule has 3 nitrogen and oxygen atoms in total. The highest BCUT2D eigenvalue weighted by molar-refractivity contribution is 5.35. The Kier molecular flexibility index (Phi) is 6.34. The fourth-order valence-electron chi connectivity index (χ4n) is 2.88. The van der Waals surface area contributed by atoms with Gasteiger partial charge in [0, 0.05) is 18.2 Å². The molecule has 2 rings (SSSR count). The van der Waals surface area contributed by atoms with Crippen molar-refractivity contribution in [1.29, 1.82) is 0 Å². The third-order valence-electron chi connectivity index (χ3n) is 4.05. The molecule has 0 aromatic heterocycles. The minimum absolute atomic E-state index is 0.356. The van der Waals surface area contributed by atoms with Gasteiger partial charge in [-0.15, -0.1) is 0 Å². The minimum atomic E-state index is 0.356. The average molecular weight is 277 g/mol. The van der Waals surface area contributed by atoms with Gasteiger partial charge in [0.05, 0.1) is 13.2 Å². The van der Waals surface area contributed by atoms with E-state index in [4.69, 9.17) is 9.47 Å². The van der Waals surface area contributed by atoms with E-state index in [1.54, 1.807) is 7.11 Å². The Bertz CT molecular complexity index is 388. The predicted molar refractivity (Wildman–Crippen MR) is 82.2 cm³/mol. The molecular weight excluding hydrogens is 250 g/mol. The van der Waals surface area contributed by atoms with Crippen molar-refractivity contribution in [3.05, 3.63) is 29.8 Å². The van der Waals surface area contributed by atoms with E-state index in [1.165, 1.54) is 24.8 Å². The van der Waals surface area contributed by atoms with Crippen LogP contribution >= 0.6 is 0 Å². The summed E-state index contributed by atoms with van der Waals surface area (Å²) in [5.74, 6) is 0.973. The van der Waals surface area contributed by atoms with Crippen LogP contribution in [-0.2, 0) is 4.74 Å². The van der Waals surface area contributed by atoms with Crippen molar-refractivity contribution >= 4 is 0 Å². The molecule has 1 heterocycles. The molecule has 20 heavy (non-hydrogen) atoms. The van der Waals surface area contributed by atoms with Crippen LogP contribution in [0.2, 0.25) is 0 Å². The van der Waals surface area contributed by atoms with Crippen LogP contribution in [-0.4, -0.2) is 26.4 Å². The Balaban J connectivity index is 1.85. The number of hydrogen-bond donors (Lipinski definition) is 1. The average Bonchev–Trinajstić information content (AvgIpc) is 2.53. The number of rotatable bonds is 7. The van der Waals surface area contributed by atoms with E-state index in [0.717, 1.165) is 31.7 Å². The molecule has 1 aliphatic heterocycles. The van der Waals surface area contributed by atoms with Crippen molar-refractivity contribution in [2.75, 3.05) is 20.3 Å². The summed E-state index contributed by atoms with van der Waals surface area (Å²) in [5, 5.41) is 3.65. The zero-order valence-electron chi connectivity index (χ0n) is 12.7. The van der Waals surface area contributed by atoms with Crippen LogP contribution < -0.4 is 10.1 Å². The number of ether oxygens (including phenoxy) is 2. The van der Waals surface area contributed by atoms with Gasteiger partial charge in [-0.3, -0.25) is 0 Å². The standard InChI is InChI=1S/C17H27NO2/c1-3-16(15-9-4-5-10-17(15)19-2)18-12-11-14-8-6-7-13-20-14/h4-5,9-10,14,16,18H,3,6-8,11-13H2,1-2H3. The van der Waals surface area contributed by atoms with E-state index >= 15 is 0 Å². The van der Waals surface area contributed by atoms with Crippen molar-refractivity contribution in [2.45, 2.75) is 51.2 Å². The van der Waals surface area contributed by atoms with Crippen molar-refractivity contribution in [3.8, 4) is 5.75 Å². The van der Waals surface area contributed by atoms with Crippen LogP contribution in [0.25, 0.3) is 0 Å². The lowest BCUT2D eigenvalue weighted by Crippen LogP contribution is -2.28. The number of nitrogens with one attached hydrogen (secondary N) is 1. The summed E-state index contributed by atoms with van der Waals surface area (Å²) in [6.45, 7) is 4.15. The fraction of sp³-hybridized carbons (Fsp3) is 0.647. The number of para-hydroxylation sites is 1. The summed E-state index contributed by atoms with van der Waals surface area (Å²) in [6, 6.07) is 8.63. The van der Waals surface area contributed by atoms with Gasteiger partial charge >= 0.3 is 0 Å². The van der Waals surface area contributed by atoms with Gasteiger partial charge in [0.25, 0.3) is 0 Å². The smallest absolute Gasteiger partial charge is 0.123 e. The van der Waals surface area contributed by atoms with Crippen LogP contribution in [0.15, 0.2) is 24.3 Å². The van der Waals surface area contributed by atoms with E-state index in [1.807, 2.05) is 12.1 Å². The Morgan fingerprint density at radius 2 is 2.20 bits per heavy atom. The largest absolute Gasteiger partial charge is 0.496 e.